The van der Waals surface area contributed by atoms with Gasteiger partial charge in [0.05, 0.1) is 6.04 Å². The molecule has 1 saturated carbocycles. The van der Waals surface area contributed by atoms with Crippen molar-refractivity contribution < 1.29 is 0 Å². The minimum absolute atomic E-state index is 0.296. The average Bonchev–Trinajstić information content (AvgIpc) is 2.51. The fraction of sp³-hybridized carbons (Fsp3) is 0.889. The molecule has 4 nitrogen and oxygen atoms in total. The summed E-state index contributed by atoms with van der Waals surface area (Å²) in [6.07, 6.45) is 5.01. The van der Waals surface area contributed by atoms with Gasteiger partial charge in [-0.1, -0.05) is 37.0 Å². The number of tetrazole rings is 1. The van der Waals surface area contributed by atoms with Crippen LogP contribution in [0.2, 0.25) is 0 Å². The highest BCUT2D eigenvalue weighted by molar-refractivity contribution is 7.71. The predicted molar refractivity (Wildman–Crippen MR) is 56.5 cm³/mol. The van der Waals surface area contributed by atoms with Crippen LogP contribution in [0.5, 0.6) is 0 Å². The van der Waals surface area contributed by atoms with Crippen LogP contribution in [0.4, 0.5) is 0 Å². The Morgan fingerprint density at radius 2 is 2.29 bits per heavy atom. The minimum Gasteiger partial charge on any atom is -0.239 e. The summed E-state index contributed by atoms with van der Waals surface area (Å²) in [4.78, 5) is 0. The summed E-state index contributed by atoms with van der Waals surface area (Å²) in [5.74, 6) is 0. The van der Waals surface area contributed by atoms with Gasteiger partial charge in [-0.25, -0.2) is 4.68 Å². The first kappa shape index (κ1) is 9.83. The lowest BCUT2D eigenvalue weighted by molar-refractivity contribution is 0.130. The molecule has 2 rings (SSSR count). The van der Waals surface area contributed by atoms with Crippen molar-refractivity contribution in [1.82, 2.24) is 20.2 Å². The topological polar surface area (TPSA) is 46.5 Å². The quantitative estimate of drug-likeness (QED) is 0.727. The first-order chi connectivity index (χ1) is 6.61. The van der Waals surface area contributed by atoms with E-state index in [-0.39, 0.29) is 0 Å². The summed E-state index contributed by atoms with van der Waals surface area (Å²) in [5, 5.41) is 10.5. The van der Waals surface area contributed by atoms with Crippen molar-refractivity contribution in [3.63, 3.8) is 0 Å². The molecule has 1 aliphatic carbocycles. The van der Waals surface area contributed by atoms with Crippen LogP contribution in [-0.2, 0) is 0 Å². The second-order valence-electron chi connectivity index (χ2n) is 4.70. The van der Waals surface area contributed by atoms with Gasteiger partial charge in [0.2, 0.25) is 4.77 Å². The Morgan fingerprint density at radius 3 is 2.86 bits per heavy atom. The van der Waals surface area contributed by atoms with Gasteiger partial charge in [-0.15, -0.1) is 0 Å². The molecule has 1 aromatic rings. The zero-order valence-corrected chi connectivity index (χ0v) is 9.47. The third-order valence-corrected chi connectivity index (χ3v) is 3.53. The molecule has 1 heterocycles. The fourth-order valence-corrected chi connectivity index (χ4v) is 2.57. The Labute approximate surface area is 88.7 Å². The van der Waals surface area contributed by atoms with Crippen LogP contribution in [0.25, 0.3) is 0 Å². The molecule has 0 aromatic carbocycles. The summed E-state index contributed by atoms with van der Waals surface area (Å²) >= 11 is 5.13. The van der Waals surface area contributed by atoms with E-state index in [1.807, 2.05) is 4.68 Å². The number of H-pyrrole nitrogens is 1. The first-order valence-electron chi connectivity index (χ1n) is 5.11. The highest BCUT2D eigenvalue weighted by Crippen LogP contribution is 2.43. The van der Waals surface area contributed by atoms with Crippen LogP contribution in [0, 0.1) is 10.2 Å². The molecule has 0 spiro atoms. The Hall–Kier alpha value is -0.710. The molecular formula is C9H16N4S. The van der Waals surface area contributed by atoms with Gasteiger partial charge in [-0.05, 0) is 30.5 Å². The zero-order valence-electron chi connectivity index (χ0n) is 8.66. The maximum absolute atomic E-state index is 5.13. The van der Waals surface area contributed by atoms with E-state index in [1.165, 1.54) is 25.7 Å². The molecular weight excluding hydrogens is 196 g/mol. The number of nitrogens with zero attached hydrogens (tertiary/aromatic N) is 3. The van der Waals surface area contributed by atoms with Gasteiger partial charge in [0.15, 0.2) is 0 Å². The molecule has 1 aromatic heterocycles. The van der Waals surface area contributed by atoms with Gasteiger partial charge in [0.1, 0.15) is 0 Å². The largest absolute Gasteiger partial charge is 0.239 e. The third kappa shape index (κ3) is 1.61. The van der Waals surface area contributed by atoms with Crippen molar-refractivity contribution in [3.8, 4) is 0 Å². The molecule has 5 heteroatoms. The summed E-state index contributed by atoms with van der Waals surface area (Å²) < 4.78 is 2.51. The number of aromatic amines is 1. The highest BCUT2D eigenvalue weighted by atomic mass is 32.1. The Morgan fingerprint density at radius 1 is 1.50 bits per heavy atom. The van der Waals surface area contributed by atoms with E-state index in [1.54, 1.807) is 0 Å². The van der Waals surface area contributed by atoms with Crippen LogP contribution in [0.1, 0.15) is 45.6 Å². The monoisotopic (exact) mass is 212 g/mol. The van der Waals surface area contributed by atoms with Crippen LogP contribution < -0.4 is 0 Å². The lowest BCUT2D eigenvalue weighted by Crippen LogP contribution is -2.31. The number of aromatic nitrogens is 4. The van der Waals surface area contributed by atoms with Crippen LogP contribution in [0.3, 0.4) is 0 Å². The van der Waals surface area contributed by atoms with Crippen LogP contribution in [-0.4, -0.2) is 20.2 Å². The summed E-state index contributed by atoms with van der Waals surface area (Å²) in [6.45, 7) is 4.58. The van der Waals surface area contributed by atoms with E-state index in [4.69, 9.17) is 12.2 Å². The fourth-order valence-electron chi connectivity index (χ4n) is 2.36. The molecule has 1 N–H and O–H groups in total. The van der Waals surface area contributed by atoms with E-state index in [0.29, 0.717) is 16.2 Å². The predicted octanol–water partition coefficient (Wildman–Crippen LogP) is 2.48. The lowest BCUT2D eigenvalue weighted by Gasteiger charge is -2.38. The van der Waals surface area contributed by atoms with E-state index in [9.17, 15) is 0 Å². The maximum Gasteiger partial charge on any atom is 0.238 e. The van der Waals surface area contributed by atoms with Gasteiger partial charge < -0.3 is 0 Å². The Kier molecular flexibility index (Phi) is 2.43. The third-order valence-electron chi connectivity index (χ3n) is 3.26. The van der Waals surface area contributed by atoms with Crippen molar-refractivity contribution in [1.29, 1.82) is 0 Å². The summed E-state index contributed by atoms with van der Waals surface area (Å²) in [7, 11) is 0. The summed E-state index contributed by atoms with van der Waals surface area (Å²) in [5.41, 5.74) is 0.296. The molecule has 0 radical (unpaired) electrons. The van der Waals surface area contributed by atoms with Gasteiger partial charge in [0.25, 0.3) is 0 Å². The first-order valence-corrected chi connectivity index (χ1v) is 5.52. The summed E-state index contributed by atoms with van der Waals surface area (Å²) in [6, 6.07) is 0.429. The minimum atomic E-state index is 0.296. The molecule has 0 bridgehead atoms. The normalized spacial score (nSPS) is 26.3. The van der Waals surface area contributed by atoms with E-state index in [2.05, 4.69) is 29.4 Å². The van der Waals surface area contributed by atoms with E-state index < -0.39 is 0 Å². The number of rotatable bonds is 1. The van der Waals surface area contributed by atoms with Crippen molar-refractivity contribution in [2.75, 3.05) is 0 Å². The molecule has 1 unspecified atom stereocenters. The molecule has 1 atom stereocenters. The molecule has 1 aliphatic rings. The number of nitrogens with one attached hydrogen (secondary N) is 1. The van der Waals surface area contributed by atoms with E-state index in [0.717, 1.165) is 0 Å². The Balaban J connectivity index is 2.33. The number of hydrogen-bond donors (Lipinski definition) is 1. The molecule has 0 aliphatic heterocycles. The van der Waals surface area contributed by atoms with Crippen molar-refractivity contribution >= 4 is 12.2 Å². The standard InChI is InChI=1S/C9H16N4S/c1-9(2)6-4-3-5-7(9)13-8(14)10-11-12-13/h7H,3-6H2,1-2H3,(H,10,12,14). The molecule has 0 amide bonds. The molecule has 14 heavy (non-hydrogen) atoms. The SMILES string of the molecule is CC1(C)CCCCC1n1[nH]nnc1=S. The van der Waals surface area contributed by atoms with Gasteiger partial charge >= 0.3 is 0 Å². The van der Waals surface area contributed by atoms with Crippen molar-refractivity contribution in [2.24, 2.45) is 5.41 Å². The van der Waals surface area contributed by atoms with Crippen LogP contribution in [0.15, 0.2) is 0 Å². The Bertz CT molecular complexity index is 365. The lowest BCUT2D eigenvalue weighted by atomic mass is 9.73. The second-order valence-corrected chi connectivity index (χ2v) is 5.07. The van der Waals surface area contributed by atoms with Crippen LogP contribution >= 0.6 is 12.2 Å². The second kappa shape index (κ2) is 3.46. The molecule has 0 saturated heterocycles. The zero-order chi connectivity index (χ0) is 10.2. The van der Waals surface area contributed by atoms with E-state index >= 15 is 0 Å². The van der Waals surface area contributed by atoms with Gasteiger partial charge in [0, 0.05) is 0 Å². The van der Waals surface area contributed by atoms with Gasteiger partial charge in [-0.3, -0.25) is 0 Å². The van der Waals surface area contributed by atoms with Crippen molar-refractivity contribution in [2.45, 2.75) is 45.6 Å². The van der Waals surface area contributed by atoms with Gasteiger partial charge in [-0.2, -0.15) is 5.21 Å². The molecule has 1 fully saturated rings. The highest BCUT2D eigenvalue weighted by Gasteiger charge is 2.34. The maximum atomic E-state index is 5.13. The number of hydrogen-bond acceptors (Lipinski definition) is 3. The molecule has 78 valence electrons. The van der Waals surface area contributed by atoms with Crippen molar-refractivity contribution in [3.05, 3.63) is 4.77 Å². The average molecular weight is 212 g/mol. The smallest absolute Gasteiger partial charge is 0.238 e.